The van der Waals surface area contributed by atoms with Gasteiger partial charge in [-0.1, -0.05) is 29.8 Å². The first-order valence-corrected chi connectivity index (χ1v) is 8.23. The lowest BCUT2D eigenvalue weighted by Crippen LogP contribution is -2.46. The second kappa shape index (κ2) is 7.31. The summed E-state index contributed by atoms with van der Waals surface area (Å²) < 4.78 is 5.48. The summed E-state index contributed by atoms with van der Waals surface area (Å²) in [5.74, 6) is 0.887. The average molecular weight is 323 g/mol. The van der Waals surface area contributed by atoms with E-state index in [0.29, 0.717) is 6.04 Å². The third kappa shape index (κ3) is 3.72. The van der Waals surface area contributed by atoms with Gasteiger partial charge in [0.2, 0.25) is 0 Å². The molecule has 1 aromatic rings. The predicted molar refractivity (Wildman–Crippen MR) is 89.5 cm³/mol. The Kier molecular flexibility index (Phi) is 5.18. The van der Waals surface area contributed by atoms with Crippen molar-refractivity contribution in [2.24, 2.45) is 4.99 Å². The number of hydrogen-bond acceptors (Lipinski definition) is 5. The van der Waals surface area contributed by atoms with Gasteiger partial charge < -0.3 is 15.4 Å². The van der Waals surface area contributed by atoms with Crippen molar-refractivity contribution in [2.45, 2.75) is 19.0 Å². The normalized spacial score (nSPS) is 23.7. The monoisotopic (exact) mass is 322 g/mol. The molecule has 2 aliphatic rings. The van der Waals surface area contributed by atoms with Crippen molar-refractivity contribution < 1.29 is 4.74 Å². The highest BCUT2D eigenvalue weighted by atomic mass is 35.5. The first-order chi connectivity index (χ1) is 10.7. The second-order valence-electron chi connectivity index (χ2n) is 5.80. The van der Waals surface area contributed by atoms with Crippen LogP contribution in [0.25, 0.3) is 0 Å². The zero-order valence-electron chi connectivity index (χ0n) is 12.9. The number of guanidine groups is 1. The number of hydrogen-bond donors (Lipinski definition) is 2. The second-order valence-corrected chi connectivity index (χ2v) is 6.21. The van der Waals surface area contributed by atoms with E-state index in [1.807, 2.05) is 18.2 Å². The highest BCUT2D eigenvalue weighted by Crippen LogP contribution is 2.27. The molecule has 0 amide bonds. The van der Waals surface area contributed by atoms with Gasteiger partial charge in [-0.05, 0) is 18.6 Å². The third-order valence-electron chi connectivity index (χ3n) is 4.12. The van der Waals surface area contributed by atoms with Crippen LogP contribution < -0.4 is 10.6 Å². The Morgan fingerprint density at radius 2 is 2.18 bits per heavy atom. The van der Waals surface area contributed by atoms with Gasteiger partial charge in [-0.2, -0.15) is 0 Å². The van der Waals surface area contributed by atoms with Crippen LogP contribution in [0.4, 0.5) is 0 Å². The number of rotatable bonds is 4. The number of morpholine rings is 1. The maximum absolute atomic E-state index is 6.43. The summed E-state index contributed by atoms with van der Waals surface area (Å²) in [6.45, 7) is 7.14. The van der Waals surface area contributed by atoms with Crippen molar-refractivity contribution >= 4 is 17.6 Å². The van der Waals surface area contributed by atoms with Crippen LogP contribution in [0.1, 0.15) is 18.5 Å². The van der Waals surface area contributed by atoms with Crippen LogP contribution in [0.15, 0.2) is 29.3 Å². The topological polar surface area (TPSA) is 48.9 Å². The molecule has 0 saturated carbocycles. The van der Waals surface area contributed by atoms with Gasteiger partial charge in [0, 0.05) is 30.7 Å². The molecule has 22 heavy (non-hydrogen) atoms. The van der Waals surface area contributed by atoms with Crippen molar-refractivity contribution in [3.8, 4) is 0 Å². The summed E-state index contributed by atoms with van der Waals surface area (Å²) in [4.78, 5) is 6.90. The third-order valence-corrected chi connectivity index (χ3v) is 4.46. The Morgan fingerprint density at radius 1 is 1.41 bits per heavy atom. The first kappa shape index (κ1) is 15.6. The molecule has 0 aliphatic carbocycles. The molecule has 2 unspecified atom stereocenters. The number of nitrogens with one attached hydrogen (secondary N) is 2. The molecule has 1 fully saturated rings. The zero-order valence-corrected chi connectivity index (χ0v) is 13.6. The summed E-state index contributed by atoms with van der Waals surface area (Å²) in [7, 11) is 0. The SMILES string of the molecule is CC1CN=C(NCC(c2ccccc2Cl)N2CCOCC2)N1. The van der Waals surface area contributed by atoms with Crippen LogP contribution in [-0.4, -0.2) is 56.3 Å². The lowest BCUT2D eigenvalue weighted by Gasteiger charge is -2.35. The van der Waals surface area contributed by atoms with Gasteiger partial charge in [0.25, 0.3) is 0 Å². The molecule has 5 nitrogen and oxygen atoms in total. The molecule has 1 saturated heterocycles. The van der Waals surface area contributed by atoms with Crippen molar-refractivity contribution in [3.63, 3.8) is 0 Å². The van der Waals surface area contributed by atoms with Gasteiger partial charge in [0.05, 0.1) is 25.8 Å². The summed E-state index contributed by atoms with van der Waals surface area (Å²) in [5.41, 5.74) is 1.16. The van der Waals surface area contributed by atoms with Crippen molar-refractivity contribution in [2.75, 3.05) is 39.4 Å². The fraction of sp³-hybridized carbons (Fsp3) is 0.562. The minimum atomic E-state index is 0.220. The highest BCUT2D eigenvalue weighted by molar-refractivity contribution is 6.31. The van der Waals surface area contributed by atoms with E-state index in [-0.39, 0.29) is 6.04 Å². The van der Waals surface area contributed by atoms with Gasteiger partial charge in [0.1, 0.15) is 0 Å². The maximum atomic E-state index is 6.43. The largest absolute Gasteiger partial charge is 0.379 e. The van der Waals surface area contributed by atoms with Crippen LogP contribution in [0.3, 0.4) is 0 Å². The molecule has 2 aliphatic heterocycles. The number of benzene rings is 1. The molecular formula is C16H23ClN4O. The van der Waals surface area contributed by atoms with Crippen molar-refractivity contribution in [3.05, 3.63) is 34.9 Å². The smallest absolute Gasteiger partial charge is 0.191 e. The predicted octanol–water partition coefficient (Wildman–Crippen LogP) is 1.65. The molecule has 2 N–H and O–H groups in total. The highest BCUT2D eigenvalue weighted by Gasteiger charge is 2.25. The molecule has 1 aromatic carbocycles. The molecule has 0 spiro atoms. The Balaban J connectivity index is 1.72. The van der Waals surface area contributed by atoms with E-state index in [9.17, 15) is 0 Å². The van der Waals surface area contributed by atoms with Gasteiger partial charge in [-0.3, -0.25) is 9.89 Å². The summed E-state index contributed by atoms with van der Waals surface area (Å²) in [6, 6.07) is 8.71. The lowest BCUT2D eigenvalue weighted by molar-refractivity contribution is 0.0170. The van der Waals surface area contributed by atoms with E-state index in [1.165, 1.54) is 0 Å². The Hall–Kier alpha value is -1.30. The van der Waals surface area contributed by atoms with Crippen molar-refractivity contribution in [1.29, 1.82) is 0 Å². The number of ether oxygens (including phenoxy) is 1. The van der Waals surface area contributed by atoms with Crippen LogP contribution in [0.5, 0.6) is 0 Å². The van der Waals surface area contributed by atoms with Crippen LogP contribution >= 0.6 is 11.6 Å². The summed E-state index contributed by atoms with van der Waals surface area (Å²) >= 11 is 6.43. The number of halogens is 1. The van der Waals surface area contributed by atoms with Crippen LogP contribution in [0.2, 0.25) is 5.02 Å². The molecule has 0 radical (unpaired) electrons. The van der Waals surface area contributed by atoms with E-state index in [4.69, 9.17) is 16.3 Å². The van der Waals surface area contributed by atoms with Gasteiger partial charge >= 0.3 is 0 Å². The minimum absolute atomic E-state index is 0.220. The van der Waals surface area contributed by atoms with Crippen LogP contribution in [-0.2, 0) is 4.74 Å². The average Bonchev–Trinajstić information content (AvgIpc) is 2.96. The number of aliphatic imine (C=N–C) groups is 1. The summed E-state index contributed by atoms with van der Waals surface area (Å²) in [5, 5.41) is 7.59. The molecule has 6 heteroatoms. The van der Waals surface area contributed by atoms with E-state index < -0.39 is 0 Å². The molecule has 120 valence electrons. The molecule has 0 aromatic heterocycles. The zero-order chi connectivity index (χ0) is 15.4. The first-order valence-electron chi connectivity index (χ1n) is 7.85. The van der Waals surface area contributed by atoms with E-state index in [0.717, 1.165) is 55.9 Å². The number of nitrogens with zero attached hydrogens (tertiary/aromatic N) is 2. The van der Waals surface area contributed by atoms with Gasteiger partial charge in [-0.25, -0.2) is 0 Å². The summed E-state index contributed by atoms with van der Waals surface area (Å²) in [6.07, 6.45) is 0. The molecule has 2 heterocycles. The molecule has 2 atom stereocenters. The molecular weight excluding hydrogens is 300 g/mol. The Morgan fingerprint density at radius 3 is 2.86 bits per heavy atom. The van der Waals surface area contributed by atoms with E-state index >= 15 is 0 Å². The standard InChI is InChI=1S/C16H23ClN4O/c1-12-10-18-16(20-12)19-11-15(21-6-8-22-9-7-21)13-4-2-3-5-14(13)17/h2-5,12,15H,6-11H2,1H3,(H2,18,19,20). The van der Waals surface area contributed by atoms with Gasteiger partial charge in [0.15, 0.2) is 5.96 Å². The van der Waals surface area contributed by atoms with Crippen molar-refractivity contribution in [1.82, 2.24) is 15.5 Å². The van der Waals surface area contributed by atoms with Gasteiger partial charge in [-0.15, -0.1) is 0 Å². The van der Waals surface area contributed by atoms with E-state index in [1.54, 1.807) is 0 Å². The van der Waals surface area contributed by atoms with Crippen LogP contribution in [0, 0.1) is 0 Å². The lowest BCUT2D eigenvalue weighted by atomic mass is 10.0. The Labute approximate surface area is 136 Å². The fourth-order valence-electron chi connectivity index (χ4n) is 2.92. The maximum Gasteiger partial charge on any atom is 0.191 e. The van der Waals surface area contributed by atoms with E-state index in [2.05, 4.69) is 33.5 Å². The molecule has 3 rings (SSSR count). The minimum Gasteiger partial charge on any atom is -0.379 e. The fourth-order valence-corrected chi connectivity index (χ4v) is 3.19. The Bertz CT molecular complexity index is 531. The quantitative estimate of drug-likeness (QED) is 0.885. The molecule has 0 bridgehead atoms.